The molecule has 2 rings (SSSR count). The van der Waals surface area contributed by atoms with E-state index in [-0.39, 0.29) is 6.42 Å². The minimum atomic E-state index is -1.16. The smallest absolute Gasteiger partial charge is 0.345 e. The van der Waals surface area contributed by atoms with Crippen LogP contribution in [0.4, 0.5) is 4.39 Å². The summed E-state index contributed by atoms with van der Waals surface area (Å²) in [7, 11) is 1.54. The van der Waals surface area contributed by atoms with E-state index in [1.54, 1.807) is 42.5 Å². The van der Waals surface area contributed by atoms with Gasteiger partial charge in [-0.25, -0.2) is 9.18 Å². The van der Waals surface area contributed by atoms with Crippen molar-refractivity contribution in [3.05, 3.63) is 59.9 Å². The van der Waals surface area contributed by atoms with Crippen LogP contribution in [-0.2, 0) is 11.2 Å². The zero-order chi connectivity index (χ0) is 15.2. The van der Waals surface area contributed by atoms with E-state index < -0.39 is 17.9 Å². The van der Waals surface area contributed by atoms with Crippen LogP contribution in [0.25, 0.3) is 0 Å². The van der Waals surface area contributed by atoms with Gasteiger partial charge < -0.3 is 14.6 Å². The molecule has 1 atom stereocenters. The highest BCUT2D eigenvalue weighted by Crippen LogP contribution is 2.20. The van der Waals surface area contributed by atoms with Crippen LogP contribution < -0.4 is 9.47 Å². The minimum absolute atomic E-state index is 0.0476. The summed E-state index contributed by atoms with van der Waals surface area (Å²) in [5.41, 5.74) is 0.304. The molecule has 4 nitrogen and oxygen atoms in total. The Morgan fingerprint density at radius 2 is 1.76 bits per heavy atom. The molecule has 1 unspecified atom stereocenters. The number of halogens is 1. The number of methoxy groups -OCH3 is 1. The van der Waals surface area contributed by atoms with Gasteiger partial charge in [-0.15, -0.1) is 0 Å². The Hall–Kier alpha value is -2.56. The van der Waals surface area contributed by atoms with E-state index in [0.717, 1.165) is 0 Å². The third-order valence-electron chi connectivity index (χ3n) is 2.98. The predicted molar refractivity (Wildman–Crippen MR) is 75.1 cm³/mol. The van der Waals surface area contributed by atoms with Gasteiger partial charge in [0.25, 0.3) is 0 Å². The third-order valence-corrected chi connectivity index (χ3v) is 2.98. The molecule has 0 bridgehead atoms. The molecule has 2 aromatic carbocycles. The van der Waals surface area contributed by atoms with Crippen molar-refractivity contribution < 1.29 is 23.8 Å². The number of hydrogen-bond acceptors (Lipinski definition) is 3. The number of carboxylic acid groups (broad SMARTS) is 1. The van der Waals surface area contributed by atoms with Crippen LogP contribution >= 0.6 is 0 Å². The van der Waals surface area contributed by atoms with Crippen LogP contribution in [0, 0.1) is 5.82 Å². The van der Waals surface area contributed by atoms with Crippen molar-refractivity contribution in [2.24, 2.45) is 0 Å². The molecule has 5 heteroatoms. The summed E-state index contributed by atoms with van der Waals surface area (Å²) >= 11 is 0. The molecule has 0 radical (unpaired) electrons. The molecule has 1 N–H and O–H groups in total. The van der Waals surface area contributed by atoms with Crippen LogP contribution in [0.2, 0.25) is 0 Å². The number of rotatable bonds is 6. The summed E-state index contributed by atoms with van der Waals surface area (Å²) in [5.74, 6) is -0.556. The van der Waals surface area contributed by atoms with Gasteiger partial charge in [-0.05, 0) is 35.9 Å². The zero-order valence-electron chi connectivity index (χ0n) is 11.5. The van der Waals surface area contributed by atoms with Crippen LogP contribution in [0.5, 0.6) is 11.5 Å². The fraction of sp³-hybridized carbons (Fsp3) is 0.188. The Balaban J connectivity index is 2.12. The van der Waals surface area contributed by atoms with E-state index in [0.29, 0.717) is 17.1 Å². The molecule has 0 spiro atoms. The van der Waals surface area contributed by atoms with Crippen molar-refractivity contribution in [2.75, 3.05) is 7.11 Å². The van der Waals surface area contributed by atoms with Gasteiger partial charge >= 0.3 is 5.97 Å². The minimum Gasteiger partial charge on any atom is -0.497 e. The molecule has 2 aromatic rings. The van der Waals surface area contributed by atoms with Crippen molar-refractivity contribution >= 4 is 5.97 Å². The van der Waals surface area contributed by atoms with Crippen LogP contribution in [0.1, 0.15) is 5.56 Å². The normalized spacial score (nSPS) is 11.7. The lowest BCUT2D eigenvalue weighted by molar-refractivity contribution is -0.145. The molecule has 0 saturated heterocycles. The highest BCUT2D eigenvalue weighted by atomic mass is 19.1. The molecule has 0 aliphatic rings. The molecule has 0 fully saturated rings. The summed E-state index contributed by atoms with van der Waals surface area (Å²) in [6, 6.07) is 12.6. The molecule has 0 amide bonds. The molecule has 21 heavy (non-hydrogen) atoms. The average molecular weight is 290 g/mol. The Kier molecular flexibility index (Phi) is 4.77. The summed E-state index contributed by atoms with van der Waals surface area (Å²) in [6.07, 6.45) is -1.20. The van der Waals surface area contributed by atoms with Crippen molar-refractivity contribution in [3.8, 4) is 11.5 Å². The van der Waals surface area contributed by atoms with Gasteiger partial charge in [0.1, 0.15) is 17.3 Å². The number of ether oxygens (including phenoxy) is 2. The maximum absolute atomic E-state index is 13.6. The molecule has 110 valence electrons. The van der Waals surface area contributed by atoms with Gasteiger partial charge in [0.05, 0.1) is 7.11 Å². The van der Waals surface area contributed by atoms with Crippen LogP contribution in [0.15, 0.2) is 48.5 Å². The number of aliphatic carboxylic acids is 1. The van der Waals surface area contributed by atoms with E-state index in [2.05, 4.69) is 0 Å². The number of hydrogen-bond donors (Lipinski definition) is 1. The Morgan fingerprint density at radius 1 is 1.14 bits per heavy atom. The van der Waals surface area contributed by atoms with E-state index in [4.69, 9.17) is 9.47 Å². The van der Waals surface area contributed by atoms with Crippen molar-refractivity contribution in [2.45, 2.75) is 12.5 Å². The first-order valence-electron chi connectivity index (χ1n) is 6.37. The standard InChI is InChI=1S/C16H15FO4/c1-20-12-6-8-13(9-7-12)21-15(16(18)19)10-11-4-2-3-5-14(11)17/h2-9,15H,10H2,1H3,(H,18,19). The van der Waals surface area contributed by atoms with Gasteiger partial charge in [-0.3, -0.25) is 0 Å². The molecule has 0 aromatic heterocycles. The fourth-order valence-corrected chi connectivity index (χ4v) is 1.86. The summed E-state index contributed by atoms with van der Waals surface area (Å²) < 4.78 is 24.0. The predicted octanol–water partition coefficient (Wildman–Crippen LogP) is 2.91. The van der Waals surface area contributed by atoms with Gasteiger partial charge in [-0.1, -0.05) is 18.2 Å². The quantitative estimate of drug-likeness (QED) is 0.888. The first-order valence-corrected chi connectivity index (χ1v) is 6.37. The van der Waals surface area contributed by atoms with E-state index in [9.17, 15) is 14.3 Å². The molecule has 0 heterocycles. The number of carbonyl (C=O) groups is 1. The molecule has 0 saturated carbocycles. The van der Waals surface area contributed by atoms with E-state index >= 15 is 0 Å². The monoisotopic (exact) mass is 290 g/mol. The second kappa shape index (κ2) is 6.74. The maximum atomic E-state index is 13.6. The Morgan fingerprint density at radius 3 is 2.33 bits per heavy atom. The van der Waals surface area contributed by atoms with Gasteiger partial charge in [0, 0.05) is 6.42 Å². The van der Waals surface area contributed by atoms with E-state index in [1.807, 2.05) is 0 Å². The average Bonchev–Trinajstić information content (AvgIpc) is 2.49. The van der Waals surface area contributed by atoms with E-state index in [1.165, 1.54) is 13.2 Å². The summed E-state index contributed by atoms with van der Waals surface area (Å²) in [4.78, 5) is 11.3. The lowest BCUT2D eigenvalue weighted by Crippen LogP contribution is -2.29. The molecular weight excluding hydrogens is 275 g/mol. The lowest BCUT2D eigenvalue weighted by atomic mass is 10.1. The number of benzene rings is 2. The first kappa shape index (κ1) is 14.8. The Bertz CT molecular complexity index is 610. The summed E-state index contributed by atoms with van der Waals surface area (Å²) in [6.45, 7) is 0. The summed E-state index contributed by atoms with van der Waals surface area (Å²) in [5, 5.41) is 9.22. The van der Waals surface area contributed by atoms with Gasteiger partial charge in [0.2, 0.25) is 0 Å². The third kappa shape index (κ3) is 3.95. The topological polar surface area (TPSA) is 55.8 Å². The van der Waals surface area contributed by atoms with Crippen LogP contribution in [0.3, 0.4) is 0 Å². The molecule has 0 aliphatic carbocycles. The first-order chi connectivity index (χ1) is 10.1. The van der Waals surface area contributed by atoms with Crippen molar-refractivity contribution in [3.63, 3.8) is 0 Å². The van der Waals surface area contributed by atoms with Gasteiger partial charge in [0.15, 0.2) is 6.10 Å². The highest BCUT2D eigenvalue weighted by molar-refractivity contribution is 5.73. The second-order valence-electron chi connectivity index (χ2n) is 4.42. The largest absolute Gasteiger partial charge is 0.497 e. The Labute approximate surface area is 121 Å². The number of carboxylic acids is 1. The lowest BCUT2D eigenvalue weighted by Gasteiger charge is -2.15. The van der Waals surface area contributed by atoms with Crippen LogP contribution in [-0.4, -0.2) is 24.3 Å². The van der Waals surface area contributed by atoms with Crippen molar-refractivity contribution in [1.82, 2.24) is 0 Å². The molecular formula is C16H15FO4. The van der Waals surface area contributed by atoms with Crippen molar-refractivity contribution in [1.29, 1.82) is 0 Å². The maximum Gasteiger partial charge on any atom is 0.345 e. The zero-order valence-corrected chi connectivity index (χ0v) is 11.5. The molecule has 0 aliphatic heterocycles. The van der Waals surface area contributed by atoms with Gasteiger partial charge in [-0.2, -0.15) is 0 Å². The SMILES string of the molecule is COc1ccc(OC(Cc2ccccc2F)C(=O)O)cc1. The second-order valence-corrected chi connectivity index (χ2v) is 4.42. The highest BCUT2D eigenvalue weighted by Gasteiger charge is 2.21. The fourth-order valence-electron chi connectivity index (χ4n) is 1.86.